The Bertz CT molecular complexity index is 3020. The minimum absolute atomic E-state index is 0.00457. The third kappa shape index (κ3) is 10.5. The molecule has 326 valence electrons. The van der Waals surface area contributed by atoms with Crippen LogP contribution in [0.25, 0.3) is 5.69 Å². The number of nitrogens with two attached hydrogens (primary N) is 1. The summed E-state index contributed by atoms with van der Waals surface area (Å²) in [5.74, 6) is -3.14. The molecule has 5 aromatic rings. The molecule has 0 saturated carbocycles. The van der Waals surface area contributed by atoms with Crippen LogP contribution in [0.1, 0.15) is 28.5 Å². The second kappa shape index (κ2) is 17.9. The number of ether oxygens (including phenoxy) is 2. The van der Waals surface area contributed by atoms with Crippen LogP contribution < -0.4 is 25.8 Å². The summed E-state index contributed by atoms with van der Waals surface area (Å²) in [6, 6.07) is 12.8. The molecule has 2 amide bonds. The fraction of sp³-hybridized carbons (Fsp3) is 0.167. The highest BCUT2D eigenvalue weighted by molar-refractivity contribution is 7.86. The first-order valence-electron chi connectivity index (χ1n) is 17.3. The summed E-state index contributed by atoms with van der Waals surface area (Å²) in [5, 5.41) is 24.8. The number of carbonyl (C=O) groups is 3. The highest BCUT2D eigenvalue weighted by Gasteiger charge is 2.27. The summed E-state index contributed by atoms with van der Waals surface area (Å²) >= 11 is 0. The highest BCUT2D eigenvalue weighted by atomic mass is 32.2. The van der Waals surface area contributed by atoms with Gasteiger partial charge in [0.05, 0.1) is 47.6 Å². The van der Waals surface area contributed by atoms with Gasteiger partial charge in [-0.15, -0.1) is 5.11 Å². The number of nitrogens with zero attached hydrogens (tertiary/aromatic N) is 6. The standard InChI is InChI=1S/C36H35N9O14S3/c1-18-13-25(29(59-5)17-30(18)61(52,53)54)39-36(48)33(20(3)46)43-41-27-15-28(58-4)26(16-31(27)62(55,56)57)38-35(47)21-9-11-22(12-10-21)40-42-32-19(2)44-45(34(32)37)23-7-6-8-24(14-23)60(49,50)51/h6-17,33H,37H2,1-5H3,(H,38,47)(H,39,48)(H,49,50,51)(H,52,53,54)(H,55,56,57). The first kappa shape index (κ1) is 46.1. The molecule has 0 radical (unpaired) electrons. The first-order chi connectivity index (χ1) is 28.9. The number of azo groups is 2. The van der Waals surface area contributed by atoms with Gasteiger partial charge in [-0.25, -0.2) is 4.68 Å². The lowest BCUT2D eigenvalue weighted by Crippen LogP contribution is -2.32. The van der Waals surface area contributed by atoms with Gasteiger partial charge in [0.15, 0.2) is 17.3 Å². The number of nitrogen functional groups attached to an aromatic ring is 1. The zero-order chi connectivity index (χ0) is 45.9. The van der Waals surface area contributed by atoms with E-state index >= 15 is 0 Å². The Morgan fingerprint density at radius 2 is 1.37 bits per heavy atom. The number of aromatic nitrogens is 2. The van der Waals surface area contributed by atoms with Crippen LogP contribution in [-0.2, 0) is 39.9 Å². The minimum Gasteiger partial charge on any atom is -0.495 e. The first-order valence-corrected chi connectivity index (χ1v) is 21.6. The van der Waals surface area contributed by atoms with Gasteiger partial charge in [-0.3, -0.25) is 28.0 Å². The molecule has 0 bridgehead atoms. The molecule has 1 unspecified atom stereocenters. The molecule has 62 heavy (non-hydrogen) atoms. The van der Waals surface area contributed by atoms with E-state index in [0.717, 1.165) is 38.3 Å². The molecule has 1 aromatic heterocycles. The number of rotatable bonds is 15. The van der Waals surface area contributed by atoms with Crippen LogP contribution in [0.5, 0.6) is 11.5 Å². The molecular formula is C36H35N9O14S3. The molecule has 0 saturated heterocycles. The van der Waals surface area contributed by atoms with Crippen molar-refractivity contribution < 1.29 is 62.8 Å². The third-order valence-electron chi connectivity index (χ3n) is 8.57. The Labute approximate surface area is 352 Å². The number of carbonyl (C=O) groups excluding carboxylic acids is 3. The van der Waals surface area contributed by atoms with Gasteiger partial charge in [-0.05, 0) is 80.9 Å². The van der Waals surface area contributed by atoms with Gasteiger partial charge in [-0.2, -0.15) is 45.7 Å². The number of anilines is 3. The summed E-state index contributed by atoms with van der Waals surface area (Å²) in [6.07, 6.45) is 0. The Hall–Kier alpha value is -6.97. The number of nitrogens with one attached hydrogen (secondary N) is 2. The normalized spacial score (nSPS) is 12.6. The van der Waals surface area contributed by atoms with Crippen LogP contribution in [0.2, 0.25) is 0 Å². The van der Waals surface area contributed by atoms with E-state index in [-0.39, 0.29) is 61.8 Å². The molecular weight excluding hydrogens is 879 g/mol. The summed E-state index contributed by atoms with van der Waals surface area (Å²) in [7, 11) is -12.0. The molecule has 0 spiro atoms. The van der Waals surface area contributed by atoms with Crippen molar-refractivity contribution in [3.05, 3.63) is 89.6 Å². The Morgan fingerprint density at radius 1 is 0.758 bits per heavy atom. The Balaban J connectivity index is 1.36. The molecule has 7 N–H and O–H groups in total. The number of aryl methyl sites for hydroxylation is 2. The van der Waals surface area contributed by atoms with Crippen LogP contribution in [0.3, 0.4) is 0 Å². The van der Waals surface area contributed by atoms with Crippen molar-refractivity contribution in [3.8, 4) is 17.2 Å². The summed E-state index contributed by atoms with van der Waals surface area (Å²) in [4.78, 5) is 37.2. The molecule has 1 heterocycles. The lowest BCUT2D eigenvalue weighted by Gasteiger charge is -2.15. The molecule has 5 rings (SSSR count). The van der Waals surface area contributed by atoms with E-state index < -0.39 is 69.5 Å². The van der Waals surface area contributed by atoms with Crippen LogP contribution in [-0.4, -0.2) is 86.6 Å². The zero-order valence-electron chi connectivity index (χ0n) is 32.8. The number of hydrogen-bond donors (Lipinski definition) is 6. The van der Waals surface area contributed by atoms with Crippen molar-refractivity contribution in [2.45, 2.75) is 41.5 Å². The molecule has 23 nitrogen and oxygen atoms in total. The van der Waals surface area contributed by atoms with E-state index in [1.54, 1.807) is 6.92 Å². The van der Waals surface area contributed by atoms with Gasteiger partial charge in [0.2, 0.25) is 6.04 Å². The van der Waals surface area contributed by atoms with Gasteiger partial charge < -0.3 is 25.8 Å². The van der Waals surface area contributed by atoms with E-state index in [9.17, 15) is 53.3 Å². The van der Waals surface area contributed by atoms with Gasteiger partial charge in [-0.1, -0.05) is 6.07 Å². The van der Waals surface area contributed by atoms with Crippen LogP contribution in [0, 0.1) is 13.8 Å². The maximum atomic E-state index is 13.3. The number of amides is 2. The molecule has 0 aliphatic heterocycles. The largest absolute Gasteiger partial charge is 0.495 e. The summed E-state index contributed by atoms with van der Waals surface area (Å²) < 4.78 is 112. The quantitative estimate of drug-likeness (QED) is 0.0448. The average Bonchev–Trinajstić information content (AvgIpc) is 3.48. The van der Waals surface area contributed by atoms with Crippen LogP contribution >= 0.6 is 0 Å². The second-order valence-corrected chi connectivity index (χ2v) is 17.1. The topological polar surface area (TPSA) is 350 Å². The number of benzene rings is 4. The molecule has 0 aliphatic rings. The van der Waals surface area contributed by atoms with Gasteiger partial charge in [0.25, 0.3) is 42.2 Å². The third-order valence-corrected chi connectivity index (χ3v) is 11.3. The monoisotopic (exact) mass is 913 g/mol. The number of ketones is 1. The molecule has 1 atom stereocenters. The fourth-order valence-electron chi connectivity index (χ4n) is 5.57. The van der Waals surface area contributed by atoms with Crippen molar-refractivity contribution in [3.63, 3.8) is 0 Å². The second-order valence-electron chi connectivity index (χ2n) is 12.9. The lowest BCUT2D eigenvalue weighted by molar-refractivity contribution is -0.126. The molecule has 4 aromatic carbocycles. The van der Waals surface area contributed by atoms with Gasteiger partial charge in [0, 0.05) is 17.7 Å². The van der Waals surface area contributed by atoms with Crippen LogP contribution in [0.4, 0.5) is 34.3 Å². The van der Waals surface area contributed by atoms with Crippen molar-refractivity contribution in [2.75, 3.05) is 30.6 Å². The highest BCUT2D eigenvalue weighted by Crippen LogP contribution is 2.37. The predicted molar refractivity (Wildman–Crippen MR) is 219 cm³/mol. The van der Waals surface area contributed by atoms with Crippen LogP contribution in [0.15, 0.2) is 108 Å². The van der Waals surface area contributed by atoms with Crippen molar-refractivity contribution in [1.29, 1.82) is 0 Å². The molecule has 26 heteroatoms. The van der Waals surface area contributed by atoms with E-state index in [2.05, 4.69) is 36.2 Å². The maximum absolute atomic E-state index is 13.3. The predicted octanol–water partition coefficient (Wildman–Crippen LogP) is 5.18. The SMILES string of the molecule is COc1cc(N=NC(C(C)=O)C(=O)Nc2cc(C)c(S(=O)(=O)O)cc2OC)c(S(=O)(=O)O)cc1NC(=O)c1ccc(N=Nc2c(C)nn(-c3cccc(S(=O)(=O)O)c3)c2N)cc1. The number of hydrogen-bond acceptors (Lipinski definition) is 17. The molecule has 0 aliphatic carbocycles. The van der Waals surface area contributed by atoms with Gasteiger partial charge in [0.1, 0.15) is 27.0 Å². The zero-order valence-corrected chi connectivity index (χ0v) is 35.3. The lowest BCUT2D eigenvalue weighted by atomic mass is 10.1. The summed E-state index contributed by atoms with van der Waals surface area (Å²) in [6.45, 7) is 3.89. The van der Waals surface area contributed by atoms with Crippen molar-refractivity contribution >= 4 is 82.2 Å². The number of methoxy groups -OCH3 is 2. The van der Waals surface area contributed by atoms with E-state index in [1.165, 1.54) is 67.2 Å². The smallest absolute Gasteiger partial charge is 0.296 e. The summed E-state index contributed by atoms with van der Waals surface area (Å²) in [5.41, 5.74) is 6.27. The minimum atomic E-state index is -5.12. The van der Waals surface area contributed by atoms with Crippen molar-refractivity contribution in [1.82, 2.24) is 9.78 Å². The average molecular weight is 914 g/mol. The van der Waals surface area contributed by atoms with Crippen molar-refractivity contribution in [2.24, 2.45) is 20.5 Å². The van der Waals surface area contributed by atoms with Gasteiger partial charge >= 0.3 is 0 Å². The number of Topliss-reactive ketones (excluding diaryl/α,β-unsaturated/α-hetero) is 1. The molecule has 0 fully saturated rings. The Morgan fingerprint density at radius 3 is 1.95 bits per heavy atom. The van der Waals surface area contributed by atoms with E-state index in [0.29, 0.717) is 5.69 Å². The van der Waals surface area contributed by atoms with E-state index in [1.807, 2.05) is 0 Å². The Kier molecular flexibility index (Phi) is 13.3. The fourth-order valence-corrected chi connectivity index (χ4v) is 7.44. The van der Waals surface area contributed by atoms with E-state index in [4.69, 9.17) is 15.2 Å². The maximum Gasteiger partial charge on any atom is 0.296 e.